The van der Waals surface area contributed by atoms with E-state index in [0.29, 0.717) is 33.1 Å². The SMILES string of the molecule is COc1cccc(C(=O)[C@@H]2[C@H](C(=O)c3ccc(Cl)cc3)N3c4ccccc4C=C[C@@H]3[C@]23C(=O)Nc2ccccc23)c1. The Bertz CT molecular complexity index is 1760. The number of halogens is 1. The molecule has 1 spiro atoms. The summed E-state index contributed by atoms with van der Waals surface area (Å²) in [5.74, 6) is -1.40. The smallest absolute Gasteiger partial charge is 0.238 e. The van der Waals surface area contributed by atoms with Gasteiger partial charge < -0.3 is 15.0 Å². The summed E-state index contributed by atoms with van der Waals surface area (Å²) in [7, 11) is 1.54. The Morgan fingerprint density at radius 2 is 1.63 bits per heavy atom. The summed E-state index contributed by atoms with van der Waals surface area (Å²) in [6, 6.07) is 27.2. The fourth-order valence-electron chi connectivity index (χ4n) is 6.86. The first-order valence-electron chi connectivity index (χ1n) is 13.4. The zero-order valence-corrected chi connectivity index (χ0v) is 22.8. The largest absolute Gasteiger partial charge is 0.497 e. The molecule has 0 radical (unpaired) electrons. The van der Waals surface area contributed by atoms with Crippen molar-refractivity contribution in [2.75, 3.05) is 17.3 Å². The Morgan fingerprint density at radius 1 is 0.878 bits per heavy atom. The first-order valence-corrected chi connectivity index (χ1v) is 13.8. The molecule has 1 saturated heterocycles. The molecule has 0 bridgehead atoms. The van der Waals surface area contributed by atoms with Crippen LogP contribution in [0.2, 0.25) is 5.02 Å². The van der Waals surface area contributed by atoms with Crippen molar-refractivity contribution in [2.24, 2.45) is 5.92 Å². The number of hydrogen-bond acceptors (Lipinski definition) is 5. The van der Waals surface area contributed by atoms with Crippen LogP contribution in [0.15, 0.2) is 103 Å². The lowest BCUT2D eigenvalue weighted by atomic mass is 9.64. The molecular formula is C34H25ClN2O4. The van der Waals surface area contributed by atoms with E-state index >= 15 is 0 Å². The van der Waals surface area contributed by atoms with E-state index in [-0.39, 0.29) is 17.5 Å². The van der Waals surface area contributed by atoms with E-state index in [1.165, 1.54) is 7.11 Å². The van der Waals surface area contributed by atoms with Gasteiger partial charge in [-0.1, -0.05) is 72.3 Å². The number of benzene rings is 4. The fourth-order valence-corrected chi connectivity index (χ4v) is 6.99. The van der Waals surface area contributed by atoms with Crippen LogP contribution in [0, 0.1) is 5.92 Å². The van der Waals surface area contributed by atoms with Gasteiger partial charge in [-0.3, -0.25) is 14.4 Å². The minimum atomic E-state index is -1.37. The van der Waals surface area contributed by atoms with Crippen LogP contribution >= 0.6 is 11.6 Å². The monoisotopic (exact) mass is 560 g/mol. The Kier molecular flexibility index (Phi) is 5.84. The van der Waals surface area contributed by atoms with Crippen LogP contribution in [0.5, 0.6) is 5.75 Å². The standard InChI is InChI=1S/C34H25ClN2O4/c1-41-24-9-6-8-22(19-24)31(38)29-30(32(39)21-13-16-23(35)17-14-21)37-27-12-5-2-7-20(27)15-18-28(37)34(29)25-10-3-4-11-26(25)36-33(34)40/h2-19,28-30H,1H3,(H,36,40)/t28-,29+,30-,34+/m1/s1. The van der Waals surface area contributed by atoms with E-state index in [9.17, 15) is 14.4 Å². The van der Waals surface area contributed by atoms with E-state index in [2.05, 4.69) is 5.32 Å². The highest BCUT2D eigenvalue weighted by atomic mass is 35.5. The molecule has 1 N–H and O–H groups in total. The highest BCUT2D eigenvalue weighted by Crippen LogP contribution is 2.58. The van der Waals surface area contributed by atoms with E-state index in [1.807, 2.05) is 65.6 Å². The Morgan fingerprint density at radius 3 is 2.44 bits per heavy atom. The number of ether oxygens (including phenoxy) is 1. The van der Waals surface area contributed by atoms with Crippen LogP contribution in [0.3, 0.4) is 0 Å². The first kappa shape index (κ1) is 25.3. The Hall–Kier alpha value is -4.68. The predicted octanol–water partition coefficient (Wildman–Crippen LogP) is 6.20. The number of methoxy groups -OCH3 is 1. The van der Waals surface area contributed by atoms with Crippen LogP contribution < -0.4 is 15.0 Å². The van der Waals surface area contributed by atoms with Crippen molar-refractivity contribution in [1.82, 2.24) is 0 Å². The molecule has 4 atom stereocenters. The third-order valence-electron chi connectivity index (χ3n) is 8.58. The number of anilines is 2. The lowest BCUT2D eigenvalue weighted by molar-refractivity contribution is -0.121. The normalized spacial score (nSPS) is 23.5. The van der Waals surface area contributed by atoms with Gasteiger partial charge in [-0.15, -0.1) is 0 Å². The first-order chi connectivity index (χ1) is 19.9. The lowest BCUT2D eigenvalue weighted by Crippen LogP contribution is -2.51. The van der Waals surface area contributed by atoms with Gasteiger partial charge in [-0.25, -0.2) is 0 Å². The molecule has 1 fully saturated rings. The Labute approximate surface area is 242 Å². The molecule has 6 nitrogen and oxygen atoms in total. The number of fused-ring (bicyclic) bond motifs is 6. The van der Waals surface area contributed by atoms with Crippen molar-refractivity contribution >= 4 is 46.5 Å². The summed E-state index contributed by atoms with van der Waals surface area (Å²) in [4.78, 5) is 45.8. The van der Waals surface area contributed by atoms with Crippen molar-refractivity contribution in [1.29, 1.82) is 0 Å². The summed E-state index contributed by atoms with van der Waals surface area (Å²) in [5.41, 5.74) is 2.48. The van der Waals surface area contributed by atoms with E-state index in [0.717, 1.165) is 11.3 Å². The number of para-hydroxylation sites is 2. The number of carbonyl (C=O) groups is 3. The quantitative estimate of drug-likeness (QED) is 0.294. The van der Waals surface area contributed by atoms with Crippen LogP contribution in [0.1, 0.15) is 31.8 Å². The van der Waals surface area contributed by atoms with Crippen LogP contribution in [-0.2, 0) is 10.2 Å². The number of ketones is 2. The number of Topliss-reactive ketones (excluding diaryl/α,β-unsaturated/α-hetero) is 2. The number of nitrogens with one attached hydrogen (secondary N) is 1. The van der Waals surface area contributed by atoms with E-state index in [4.69, 9.17) is 16.3 Å². The van der Waals surface area contributed by atoms with Crippen molar-refractivity contribution in [2.45, 2.75) is 17.5 Å². The maximum Gasteiger partial charge on any atom is 0.238 e. The van der Waals surface area contributed by atoms with Gasteiger partial charge in [-0.2, -0.15) is 0 Å². The molecular weight excluding hydrogens is 536 g/mol. The van der Waals surface area contributed by atoms with Crippen molar-refractivity contribution in [3.63, 3.8) is 0 Å². The number of carbonyl (C=O) groups excluding carboxylic acids is 3. The average Bonchev–Trinajstić information content (AvgIpc) is 3.49. The second-order valence-corrected chi connectivity index (χ2v) is 11.0. The zero-order chi connectivity index (χ0) is 28.3. The molecule has 0 unspecified atom stereocenters. The molecule has 3 aliphatic heterocycles. The fraction of sp³-hybridized carbons (Fsp3) is 0.147. The second-order valence-electron chi connectivity index (χ2n) is 10.5. The molecule has 0 aliphatic carbocycles. The number of hydrogen-bond donors (Lipinski definition) is 1. The van der Waals surface area contributed by atoms with Gasteiger partial charge >= 0.3 is 0 Å². The van der Waals surface area contributed by atoms with E-state index < -0.39 is 23.4 Å². The minimum absolute atomic E-state index is 0.257. The van der Waals surface area contributed by atoms with Gasteiger partial charge in [0.1, 0.15) is 17.2 Å². The van der Waals surface area contributed by atoms with Gasteiger partial charge in [0.05, 0.1) is 19.1 Å². The van der Waals surface area contributed by atoms with Gasteiger partial charge in [-0.05, 0) is 59.7 Å². The molecule has 7 heteroatoms. The van der Waals surface area contributed by atoms with Gasteiger partial charge in [0.15, 0.2) is 11.6 Å². The van der Waals surface area contributed by atoms with Gasteiger partial charge in [0, 0.05) is 27.5 Å². The third kappa shape index (κ3) is 3.60. The molecule has 4 aromatic rings. The summed E-state index contributed by atoms with van der Waals surface area (Å²) >= 11 is 6.17. The molecule has 41 heavy (non-hydrogen) atoms. The molecule has 3 heterocycles. The molecule has 0 aromatic heterocycles. The molecule has 7 rings (SSSR count). The number of rotatable bonds is 5. The molecule has 202 valence electrons. The van der Waals surface area contributed by atoms with E-state index in [1.54, 1.807) is 48.5 Å². The second kappa shape index (κ2) is 9.46. The lowest BCUT2D eigenvalue weighted by Gasteiger charge is -2.37. The van der Waals surface area contributed by atoms with Crippen molar-refractivity contribution in [3.8, 4) is 5.75 Å². The van der Waals surface area contributed by atoms with Crippen LogP contribution in [0.25, 0.3) is 6.08 Å². The average molecular weight is 561 g/mol. The van der Waals surface area contributed by atoms with Crippen LogP contribution in [0.4, 0.5) is 11.4 Å². The Balaban J connectivity index is 1.53. The van der Waals surface area contributed by atoms with Gasteiger partial charge in [0.2, 0.25) is 5.91 Å². The van der Waals surface area contributed by atoms with Crippen molar-refractivity contribution in [3.05, 3.63) is 130 Å². The van der Waals surface area contributed by atoms with Crippen molar-refractivity contribution < 1.29 is 19.1 Å². The maximum atomic E-state index is 14.8. The molecule has 1 amide bonds. The van der Waals surface area contributed by atoms with Crippen LogP contribution in [-0.4, -0.2) is 36.7 Å². The summed E-state index contributed by atoms with van der Waals surface area (Å²) in [6.45, 7) is 0. The summed E-state index contributed by atoms with van der Waals surface area (Å²) < 4.78 is 5.43. The topological polar surface area (TPSA) is 75.7 Å². The zero-order valence-electron chi connectivity index (χ0n) is 22.1. The highest BCUT2D eigenvalue weighted by molar-refractivity contribution is 6.30. The molecule has 0 saturated carbocycles. The van der Waals surface area contributed by atoms with Gasteiger partial charge in [0.25, 0.3) is 0 Å². The highest BCUT2D eigenvalue weighted by Gasteiger charge is 2.70. The summed E-state index contributed by atoms with van der Waals surface area (Å²) in [5, 5.41) is 3.55. The minimum Gasteiger partial charge on any atom is -0.497 e. The maximum absolute atomic E-state index is 14.8. The predicted molar refractivity (Wildman–Crippen MR) is 159 cm³/mol. The summed E-state index contributed by atoms with van der Waals surface area (Å²) in [6.07, 6.45) is 3.94. The molecule has 3 aliphatic rings. The number of nitrogens with zero attached hydrogens (tertiary/aromatic N) is 1. The number of amides is 1. The molecule has 4 aromatic carbocycles. The third-order valence-corrected chi connectivity index (χ3v) is 8.83.